The van der Waals surface area contributed by atoms with Crippen LogP contribution in [0.2, 0.25) is 0 Å². The Balaban J connectivity index is 1.86. The molecule has 0 radical (unpaired) electrons. The second kappa shape index (κ2) is 7.21. The van der Waals surface area contributed by atoms with E-state index in [1.807, 2.05) is 13.0 Å². The zero-order valence-corrected chi connectivity index (χ0v) is 13.9. The van der Waals surface area contributed by atoms with Gasteiger partial charge in [-0.05, 0) is 41.8 Å². The molecule has 0 amide bonds. The lowest BCUT2D eigenvalue weighted by atomic mass is 9.94. The van der Waals surface area contributed by atoms with Crippen LogP contribution in [0.1, 0.15) is 32.1 Å². The van der Waals surface area contributed by atoms with Crippen LogP contribution in [0.3, 0.4) is 0 Å². The van der Waals surface area contributed by atoms with Gasteiger partial charge in [0.1, 0.15) is 0 Å². The summed E-state index contributed by atoms with van der Waals surface area (Å²) in [6.07, 6.45) is 0.819. The van der Waals surface area contributed by atoms with Crippen LogP contribution in [-0.4, -0.2) is 17.3 Å². The molecule has 2 nitrogen and oxygen atoms in total. The van der Waals surface area contributed by atoms with Crippen LogP contribution in [-0.2, 0) is 6.54 Å². The van der Waals surface area contributed by atoms with E-state index in [0.29, 0.717) is 12.5 Å². The molecule has 1 aromatic carbocycles. The number of thiophene rings is 1. The molecule has 0 spiro atoms. The van der Waals surface area contributed by atoms with Gasteiger partial charge in [0.15, 0.2) is 0 Å². The van der Waals surface area contributed by atoms with Crippen LogP contribution in [0, 0.1) is 5.92 Å². The highest BCUT2D eigenvalue weighted by Crippen LogP contribution is 2.25. The SMILES string of the molecule is CC(C)CC(C)(O)CNCc1cc(-c2ccccc2)cs1. The molecule has 0 saturated heterocycles. The van der Waals surface area contributed by atoms with Crippen molar-refractivity contribution in [2.75, 3.05) is 6.54 Å². The summed E-state index contributed by atoms with van der Waals surface area (Å²) in [6.45, 7) is 7.62. The molecule has 3 heteroatoms. The monoisotopic (exact) mass is 303 g/mol. The van der Waals surface area contributed by atoms with E-state index >= 15 is 0 Å². The predicted molar refractivity (Wildman–Crippen MR) is 91.5 cm³/mol. The average Bonchev–Trinajstić information content (AvgIpc) is 2.87. The maximum Gasteiger partial charge on any atom is 0.0746 e. The summed E-state index contributed by atoms with van der Waals surface area (Å²) >= 11 is 1.76. The number of benzene rings is 1. The minimum Gasteiger partial charge on any atom is -0.389 e. The fourth-order valence-corrected chi connectivity index (χ4v) is 3.52. The summed E-state index contributed by atoms with van der Waals surface area (Å²) in [5.74, 6) is 0.508. The number of aliphatic hydroxyl groups is 1. The number of rotatable bonds is 7. The summed E-state index contributed by atoms with van der Waals surface area (Å²) in [5, 5.41) is 15.9. The topological polar surface area (TPSA) is 32.3 Å². The molecule has 0 bridgehead atoms. The Morgan fingerprint density at radius 2 is 1.90 bits per heavy atom. The number of hydrogen-bond donors (Lipinski definition) is 2. The van der Waals surface area contributed by atoms with Crippen LogP contribution in [0.5, 0.6) is 0 Å². The second-order valence-corrected chi connectivity index (χ2v) is 7.36. The van der Waals surface area contributed by atoms with E-state index in [4.69, 9.17) is 0 Å². The van der Waals surface area contributed by atoms with Gasteiger partial charge in [-0.15, -0.1) is 11.3 Å². The molecule has 2 aromatic rings. The minimum absolute atomic E-state index is 0.508. The average molecular weight is 303 g/mol. The molecule has 114 valence electrons. The summed E-state index contributed by atoms with van der Waals surface area (Å²) in [4.78, 5) is 1.30. The molecule has 2 rings (SSSR count). The van der Waals surface area contributed by atoms with Gasteiger partial charge in [0.2, 0.25) is 0 Å². The lowest BCUT2D eigenvalue weighted by Gasteiger charge is -2.25. The van der Waals surface area contributed by atoms with Crippen LogP contribution < -0.4 is 5.32 Å². The minimum atomic E-state index is -0.631. The van der Waals surface area contributed by atoms with Crippen molar-refractivity contribution in [2.24, 2.45) is 5.92 Å². The smallest absolute Gasteiger partial charge is 0.0746 e. The third kappa shape index (κ3) is 5.27. The van der Waals surface area contributed by atoms with Crippen LogP contribution in [0.25, 0.3) is 11.1 Å². The lowest BCUT2D eigenvalue weighted by molar-refractivity contribution is 0.0384. The largest absolute Gasteiger partial charge is 0.389 e. The molecule has 1 unspecified atom stereocenters. The fourth-order valence-electron chi connectivity index (χ4n) is 2.66. The summed E-state index contributed by atoms with van der Waals surface area (Å²) in [7, 11) is 0. The van der Waals surface area contributed by atoms with Gasteiger partial charge >= 0.3 is 0 Å². The number of hydrogen-bond acceptors (Lipinski definition) is 3. The highest BCUT2D eigenvalue weighted by molar-refractivity contribution is 7.10. The highest BCUT2D eigenvalue weighted by Gasteiger charge is 2.21. The molecule has 1 atom stereocenters. The first kappa shape index (κ1) is 16.2. The van der Waals surface area contributed by atoms with E-state index in [1.54, 1.807) is 11.3 Å². The van der Waals surface area contributed by atoms with Crippen molar-refractivity contribution in [3.8, 4) is 11.1 Å². The van der Waals surface area contributed by atoms with Crippen molar-refractivity contribution < 1.29 is 5.11 Å². The normalized spacial score (nSPS) is 14.3. The second-order valence-electron chi connectivity index (χ2n) is 6.37. The van der Waals surface area contributed by atoms with Crippen molar-refractivity contribution >= 4 is 11.3 Å². The molecule has 1 heterocycles. The van der Waals surface area contributed by atoms with E-state index in [0.717, 1.165) is 13.0 Å². The molecule has 0 aliphatic rings. The Morgan fingerprint density at radius 1 is 1.19 bits per heavy atom. The maximum atomic E-state index is 10.3. The Kier molecular flexibility index (Phi) is 5.57. The molecule has 21 heavy (non-hydrogen) atoms. The third-order valence-corrected chi connectivity index (χ3v) is 4.35. The van der Waals surface area contributed by atoms with Gasteiger partial charge < -0.3 is 10.4 Å². The Morgan fingerprint density at radius 3 is 2.57 bits per heavy atom. The highest BCUT2D eigenvalue weighted by atomic mass is 32.1. The van der Waals surface area contributed by atoms with Crippen molar-refractivity contribution in [2.45, 2.75) is 39.3 Å². The van der Waals surface area contributed by atoms with E-state index in [2.05, 4.69) is 54.9 Å². The summed E-state index contributed by atoms with van der Waals surface area (Å²) in [6, 6.07) is 12.7. The Hall–Kier alpha value is -1.16. The summed E-state index contributed by atoms with van der Waals surface area (Å²) < 4.78 is 0. The zero-order chi connectivity index (χ0) is 15.3. The van der Waals surface area contributed by atoms with Gasteiger partial charge in [0, 0.05) is 18.0 Å². The number of nitrogens with one attached hydrogen (secondary N) is 1. The first-order valence-corrected chi connectivity index (χ1v) is 8.40. The van der Waals surface area contributed by atoms with Crippen LogP contribution in [0.4, 0.5) is 0 Å². The first-order valence-electron chi connectivity index (χ1n) is 7.52. The van der Waals surface area contributed by atoms with Crippen molar-refractivity contribution in [3.63, 3.8) is 0 Å². The van der Waals surface area contributed by atoms with E-state index in [-0.39, 0.29) is 0 Å². The van der Waals surface area contributed by atoms with Crippen LogP contribution >= 0.6 is 11.3 Å². The van der Waals surface area contributed by atoms with Crippen LogP contribution in [0.15, 0.2) is 41.8 Å². The van der Waals surface area contributed by atoms with E-state index in [1.165, 1.54) is 16.0 Å². The summed E-state index contributed by atoms with van der Waals surface area (Å²) in [5.41, 5.74) is 1.89. The van der Waals surface area contributed by atoms with Gasteiger partial charge in [0.05, 0.1) is 5.60 Å². The first-order chi connectivity index (χ1) is 9.96. The third-order valence-electron chi connectivity index (χ3n) is 3.41. The van der Waals surface area contributed by atoms with Crippen molar-refractivity contribution in [3.05, 3.63) is 46.7 Å². The standard InChI is InChI=1S/C18H25NOS/c1-14(2)10-18(3,20)13-19-11-17-9-16(12-21-17)15-7-5-4-6-8-15/h4-9,12,14,19-20H,10-11,13H2,1-3H3. The lowest BCUT2D eigenvalue weighted by Crippen LogP contribution is -2.38. The zero-order valence-electron chi connectivity index (χ0n) is 13.1. The van der Waals surface area contributed by atoms with Gasteiger partial charge in [0.25, 0.3) is 0 Å². The van der Waals surface area contributed by atoms with E-state index < -0.39 is 5.60 Å². The predicted octanol–water partition coefficient (Wildman–Crippen LogP) is 4.30. The molecule has 0 saturated carbocycles. The van der Waals surface area contributed by atoms with Gasteiger partial charge in [-0.3, -0.25) is 0 Å². The van der Waals surface area contributed by atoms with Crippen molar-refractivity contribution in [1.29, 1.82) is 0 Å². The molecular formula is C18H25NOS. The Bertz CT molecular complexity index is 545. The molecule has 0 fully saturated rings. The van der Waals surface area contributed by atoms with Gasteiger partial charge in [-0.1, -0.05) is 44.2 Å². The molecular weight excluding hydrogens is 278 g/mol. The van der Waals surface area contributed by atoms with Gasteiger partial charge in [-0.25, -0.2) is 0 Å². The molecule has 1 aromatic heterocycles. The fraction of sp³-hybridized carbons (Fsp3) is 0.444. The molecule has 0 aliphatic carbocycles. The quantitative estimate of drug-likeness (QED) is 0.799. The maximum absolute atomic E-state index is 10.3. The Labute approximate surface area is 131 Å². The van der Waals surface area contributed by atoms with Crippen molar-refractivity contribution in [1.82, 2.24) is 5.32 Å². The molecule has 2 N–H and O–H groups in total. The molecule has 0 aliphatic heterocycles. The van der Waals surface area contributed by atoms with Gasteiger partial charge in [-0.2, -0.15) is 0 Å². The van der Waals surface area contributed by atoms with E-state index in [9.17, 15) is 5.11 Å².